The number of hydrogen-bond acceptors (Lipinski definition) is 2. The summed E-state index contributed by atoms with van der Waals surface area (Å²) in [5.74, 6) is 0. The van der Waals surface area contributed by atoms with Gasteiger partial charge in [-0.1, -0.05) is 36.8 Å². The summed E-state index contributed by atoms with van der Waals surface area (Å²) >= 11 is 0. The second kappa shape index (κ2) is 6.35. The second-order valence-electron chi connectivity index (χ2n) is 5.89. The predicted octanol–water partition coefficient (Wildman–Crippen LogP) is 3.51. The summed E-state index contributed by atoms with van der Waals surface area (Å²) in [6, 6.07) is 8.69. The minimum Gasteiger partial charge on any atom is -0.324 e. The fourth-order valence-electron chi connectivity index (χ4n) is 1.89. The van der Waals surface area contributed by atoms with Gasteiger partial charge in [0.2, 0.25) is 0 Å². The Labute approximate surface area is 112 Å². The van der Waals surface area contributed by atoms with Crippen LogP contribution < -0.4 is 5.73 Å². The predicted molar refractivity (Wildman–Crippen MR) is 79.7 cm³/mol. The van der Waals surface area contributed by atoms with Crippen molar-refractivity contribution in [2.24, 2.45) is 5.73 Å². The lowest BCUT2D eigenvalue weighted by Gasteiger charge is -2.35. The molecule has 1 aromatic carbocycles. The van der Waals surface area contributed by atoms with E-state index in [2.05, 4.69) is 63.9 Å². The highest BCUT2D eigenvalue weighted by atomic mass is 15.2. The van der Waals surface area contributed by atoms with E-state index in [1.54, 1.807) is 0 Å². The molecule has 0 fully saturated rings. The molecule has 0 saturated carbocycles. The standard InChI is InChI=1S/C16H28N2/c1-6-16(3,4)18(5)12-11-15(17)14-9-7-13(2)8-10-14/h7-10,15H,6,11-12,17H2,1-5H3. The number of benzene rings is 1. The van der Waals surface area contributed by atoms with E-state index in [1.165, 1.54) is 11.1 Å². The van der Waals surface area contributed by atoms with Gasteiger partial charge in [0, 0.05) is 18.1 Å². The van der Waals surface area contributed by atoms with Gasteiger partial charge < -0.3 is 10.6 Å². The van der Waals surface area contributed by atoms with Crippen molar-refractivity contribution >= 4 is 0 Å². The van der Waals surface area contributed by atoms with Crippen LogP contribution in [0, 0.1) is 6.92 Å². The first-order valence-electron chi connectivity index (χ1n) is 6.90. The quantitative estimate of drug-likeness (QED) is 0.835. The van der Waals surface area contributed by atoms with Gasteiger partial charge in [-0.15, -0.1) is 0 Å². The first-order valence-corrected chi connectivity index (χ1v) is 6.90. The zero-order chi connectivity index (χ0) is 13.8. The van der Waals surface area contributed by atoms with Crippen LogP contribution in [0.4, 0.5) is 0 Å². The van der Waals surface area contributed by atoms with Crippen LogP contribution in [0.5, 0.6) is 0 Å². The summed E-state index contributed by atoms with van der Waals surface area (Å²) < 4.78 is 0. The Morgan fingerprint density at radius 2 is 1.78 bits per heavy atom. The van der Waals surface area contributed by atoms with E-state index in [0.29, 0.717) is 0 Å². The van der Waals surface area contributed by atoms with Gasteiger partial charge in [-0.05, 0) is 46.2 Å². The highest BCUT2D eigenvalue weighted by Crippen LogP contribution is 2.20. The van der Waals surface area contributed by atoms with Crippen molar-refractivity contribution in [1.29, 1.82) is 0 Å². The maximum atomic E-state index is 6.25. The fraction of sp³-hybridized carbons (Fsp3) is 0.625. The lowest BCUT2D eigenvalue weighted by molar-refractivity contribution is 0.146. The monoisotopic (exact) mass is 248 g/mol. The molecule has 0 aliphatic carbocycles. The van der Waals surface area contributed by atoms with E-state index >= 15 is 0 Å². The van der Waals surface area contributed by atoms with Crippen LogP contribution in [0.25, 0.3) is 0 Å². The molecule has 1 aromatic rings. The maximum Gasteiger partial charge on any atom is 0.0307 e. The van der Waals surface area contributed by atoms with Gasteiger partial charge in [0.15, 0.2) is 0 Å². The molecular formula is C16H28N2. The van der Waals surface area contributed by atoms with Crippen molar-refractivity contribution in [1.82, 2.24) is 4.90 Å². The van der Waals surface area contributed by atoms with Crippen LogP contribution in [0.3, 0.4) is 0 Å². The Morgan fingerprint density at radius 3 is 2.28 bits per heavy atom. The van der Waals surface area contributed by atoms with Gasteiger partial charge in [0.25, 0.3) is 0 Å². The van der Waals surface area contributed by atoms with Gasteiger partial charge >= 0.3 is 0 Å². The van der Waals surface area contributed by atoms with Crippen molar-refractivity contribution in [2.75, 3.05) is 13.6 Å². The molecular weight excluding hydrogens is 220 g/mol. The molecule has 0 radical (unpaired) electrons. The smallest absolute Gasteiger partial charge is 0.0307 e. The van der Waals surface area contributed by atoms with Crippen LogP contribution in [0.15, 0.2) is 24.3 Å². The average Bonchev–Trinajstić information content (AvgIpc) is 2.36. The van der Waals surface area contributed by atoms with Crippen LogP contribution in [0.1, 0.15) is 50.8 Å². The minimum absolute atomic E-state index is 0.140. The number of hydrogen-bond donors (Lipinski definition) is 1. The van der Waals surface area contributed by atoms with Gasteiger partial charge in [0.05, 0.1) is 0 Å². The molecule has 0 aromatic heterocycles. The maximum absolute atomic E-state index is 6.25. The van der Waals surface area contributed by atoms with Crippen LogP contribution in [-0.4, -0.2) is 24.0 Å². The summed E-state index contributed by atoms with van der Waals surface area (Å²) in [6.07, 6.45) is 2.16. The van der Waals surface area contributed by atoms with E-state index in [9.17, 15) is 0 Å². The first-order chi connectivity index (χ1) is 8.36. The van der Waals surface area contributed by atoms with Crippen molar-refractivity contribution < 1.29 is 0 Å². The third-order valence-electron chi connectivity index (χ3n) is 4.18. The largest absolute Gasteiger partial charge is 0.324 e. The Morgan fingerprint density at radius 1 is 1.22 bits per heavy atom. The van der Waals surface area contributed by atoms with Gasteiger partial charge in [-0.25, -0.2) is 0 Å². The molecule has 0 saturated heterocycles. The van der Waals surface area contributed by atoms with E-state index in [0.717, 1.165) is 19.4 Å². The lowest BCUT2D eigenvalue weighted by Crippen LogP contribution is -2.41. The van der Waals surface area contributed by atoms with Crippen molar-refractivity contribution in [2.45, 2.75) is 52.1 Å². The molecule has 0 bridgehead atoms. The summed E-state index contributed by atoms with van der Waals surface area (Å²) in [5, 5.41) is 0. The second-order valence-corrected chi connectivity index (χ2v) is 5.89. The van der Waals surface area contributed by atoms with Crippen LogP contribution >= 0.6 is 0 Å². The summed E-state index contributed by atoms with van der Waals surface area (Å²) in [5.41, 5.74) is 9.03. The average molecular weight is 248 g/mol. The van der Waals surface area contributed by atoms with Crippen molar-refractivity contribution in [3.05, 3.63) is 35.4 Å². The fourth-order valence-corrected chi connectivity index (χ4v) is 1.89. The third-order valence-corrected chi connectivity index (χ3v) is 4.18. The Balaban J connectivity index is 2.51. The molecule has 0 heterocycles. The zero-order valence-electron chi connectivity index (χ0n) is 12.5. The van der Waals surface area contributed by atoms with Crippen LogP contribution in [-0.2, 0) is 0 Å². The molecule has 0 amide bonds. The van der Waals surface area contributed by atoms with Crippen molar-refractivity contribution in [3.63, 3.8) is 0 Å². The highest BCUT2D eigenvalue weighted by Gasteiger charge is 2.21. The molecule has 2 heteroatoms. The van der Waals surface area contributed by atoms with E-state index in [-0.39, 0.29) is 11.6 Å². The molecule has 1 atom stereocenters. The van der Waals surface area contributed by atoms with Crippen molar-refractivity contribution in [3.8, 4) is 0 Å². The lowest BCUT2D eigenvalue weighted by atomic mass is 9.98. The molecule has 0 aliphatic rings. The molecule has 0 aliphatic heterocycles. The highest BCUT2D eigenvalue weighted by molar-refractivity contribution is 5.23. The first kappa shape index (κ1) is 15.2. The number of nitrogens with two attached hydrogens (primary N) is 1. The number of rotatable bonds is 6. The Kier molecular flexibility index (Phi) is 5.36. The van der Waals surface area contributed by atoms with E-state index in [4.69, 9.17) is 5.73 Å². The topological polar surface area (TPSA) is 29.3 Å². The number of aryl methyl sites for hydroxylation is 1. The minimum atomic E-state index is 0.140. The number of nitrogens with zero attached hydrogens (tertiary/aromatic N) is 1. The molecule has 1 unspecified atom stereocenters. The summed E-state index contributed by atoms with van der Waals surface area (Å²) in [6.45, 7) is 9.94. The molecule has 102 valence electrons. The third kappa shape index (κ3) is 4.11. The Bertz CT molecular complexity index is 354. The van der Waals surface area contributed by atoms with Gasteiger partial charge in [-0.3, -0.25) is 0 Å². The van der Waals surface area contributed by atoms with Crippen LogP contribution in [0.2, 0.25) is 0 Å². The molecule has 1 rings (SSSR count). The molecule has 0 spiro atoms. The summed E-state index contributed by atoms with van der Waals surface area (Å²) in [7, 11) is 2.19. The zero-order valence-corrected chi connectivity index (χ0v) is 12.5. The molecule has 2 nitrogen and oxygen atoms in total. The normalized spacial score (nSPS) is 13.9. The molecule has 18 heavy (non-hydrogen) atoms. The molecule has 2 N–H and O–H groups in total. The summed E-state index contributed by atoms with van der Waals surface area (Å²) in [4.78, 5) is 2.40. The van der Waals surface area contributed by atoms with Gasteiger partial charge in [0.1, 0.15) is 0 Å². The van der Waals surface area contributed by atoms with E-state index < -0.39 is 0 Å². The SMILES string of the molecule is CCC(C)(C)N(C)CCC(N)c1ccc(C)cc1. The van der Waals surface area contributed by atoms with E-state index in [1.807, 2.05) is 0 Å². The Hall–Kier alpha value is -0.860. The van der Waals surface area contributed by atoms with Gasteiger partial charge in [-0.2, -0.15) is 0 Å².